The van der Waals surface area contributed by atoms with Crippen LogP contribution in [0.3, 0.4) is 0 Å². The SMILES string of the molecule is CC(Cc1cccc(O)c1)c1cc(Cl)c(O)c(Cl)c1. The van der Waals surface area contributed by atoms with E-state index in [2.05, 4.69) is 0 Å². The number of phenols is 2. The summed E-state index contributed by atoms with van der Waals surface area (Å²) in [7, 11) is 0. The number of rotatable bonds is 3. The predicted molar refractivity (Wildman–Crippen MR) is 78.4 cm³/mol. The van der Waals surface area contributed by atoms with Crippen molar-refractivity contribution >= 4 is 23.2 Å². The van der Waals surface area contributed by atoms with E-state index in [4.69, 9.17) is 23.2 Å². The van der Waals surface area contributed by atoms with Crippen molar-refractivity contribution in [3.8, 4) is 11.5 Å². The lowest BCUT2D eigenvalue weighted by atomic mass is 9.93. The maximum atomic E-state index is 9.54. The van der Waals surface area contributed by atoms with E-state index in [1.165, 1.54) is 0 Å². The lowest BCUT2D eigenvalue weighted by Gasteiger charge is -2.14. The molecule has 1 atom stereocenters. The molecule has 19 heavy (non-hydrogen) atoms. The van der Waals surface area contributed by atoms with Crippen LogP contribution in [0.4, 0.5) is 0 Å². The first-order valence-electron chi connectivity index (χ1n) is 5.93. The number of hydrogen-bond acceptors (Lipinski definition) is 2. The zero-order chi connectivity index (χ0) is 14.0. The van der Waals surface area contributed by atoms with Gasteiger partial charge in [-0.05, 0) is 47.7 Å². The van der Waals surface area contributed by atoms with Gasteiger partial charge in [0.2, 0.25) is 0 Å². The highest BCUT2D eigenvalue weighted by Gasteiger charge is 2.12. The van der Waals surface area contributed by atoms with Crippen LogP contribution in [-0.2, 0) is 6.42 Å². The monoisotopic (exact) mass is 296 g/mol. The van der Waals surface area contributed by atoms with Crippen LogP contribution in [0, 0.1) is 0 Å². The molecular weight excluding hydrogens is 283 g/mol. The maximum Gasteiger partial charge on any atom is 0.152 e. The molecule has 4 heteroatoms. The maximum absolute atomic E-state index is 9.54. The van der Waals surface area contributed by atoms with E-state index >= 15 is 0 Å². The molecule has 0 aromatic heterocycles. The number of benzene rings is 2. The highest BCUT2D eigenvalue weighted by molar-refractivity contribution is 6.37. The quantitative estimate of drug-likeness (QED) is 0.858. The van der Waals surface area contributed by atoms with Gasteiger partial charge in [0.05, 0.1) is 10.0 Å². The molecule has 0 radical (unpaired) electrons. The molecule has 100 valence electrons. The number of halogens is 2. The second-order valence-corrected chi connectivity index (χ2v) is 5.42. The third kappa shape index (κ3) is 3.34. The molecule has 0 aliphatic carbocycles. The molecule has 2 rings (SSSR count). The van der Waals surface area contributed by atoms with Crippen molar-refractivity contribution in [2.45, 2.75) is 19.3 Å². The first-order chi connectivity index (χ1) is 8.97. The highest BCUT2D eigenvalue weighted by Crippen LogP contribution is 2.35. The van der Waals surface area contributed by atoms with Crippen LogP contribution in [0.25, 0.3) is 0 Å². The third-order valence-corrected chi connectivity index (χ3v) is 3.64. The van der Waals surface area contributed by atoms with Crippen LogP contribution in [0.5, 0.6) is 11.5 Å². The molecule has 1 unspecified atom stereocenters. The molecule has 0 amide bonds. The van der Waals surface area contributed by atoms with Gasteiger partial charge in [0.1, 0.15) is 5.75 Å². The lowest BCUT2D eigenvalue weighted by Crippen LogP contribution is -1.98. The van der Waals surface area contributed by atoms with Crippen molar-refractivity contribution in [3.05, 3.63) is 57.6 Å². The smallest absolute Gasteiger partial charge is 0.152 e. The van der Waals surface area contributed by atoms with Gasteiger partial charge in [0.25, 0.3) is 0 Å². The van der Waals surface area contributed by atoms with E-state index in [0.717, 1.165) is 17.5 Å². The topological polar surface area (TPSA) is 40.5 Å². The van der Waals surface area contributed by atoms with Crippen LogP contribution in [-0.4, -0.2) is 10.2 Å². The second-order valence-electron chi connectivity index (χ2n) is 4.61. The van der Waals surface area contributed by atoms with Crippen molar-refractivity contribution < 1.29 is 10.2 Å². The summed E-state index contributed by atoms with van der Waals surface area (Å²) in [5.74, 6) is 0.348. The van der Waals surface area contributed by atoms with E-state index in [0.29, 0.717) is 0 Å². The zero-order valence-electron chi connectivity index (χ0n) is 10.4. The molecule has 0 bridgehead atoms. The van der Waals surface area contributed by atoms with Gasteiger partial charge in [-0.15, -0.1) is 0 Å². The zero-order valence-corrected chi connectivity index (χ0v) is 11.9. The molecule has 0 saturated carbocycles. The van der Waals surface area contributed by atoms with Crippen LogP contribution < -0.4 is 0 Å². The minimum atomic E-state index is -0.0864. The number of hydrogen-bond donors (Lipinski definition) is 2. The van der Waals surface area contributed by atoms with Crippen molar-refractivity contribution in [2.75, 3.05) is 0 Å². The molecular formula is C15H14Cl2O2. The fraction of sp³-hybridized carbons (Fsp3) is 0.200. The van der Waals surface area contributed by atoms with Gasteiger partial charge in [0.15, 0.2) is 5.75 Å². The number of phenolic OH excluding ortho intramolecular Hbond substituents is 2. The van der Waals surface area contributed by atoms with Gasteiger partial charge in [-0.3, -0.25) is 0 Å². The van der Waals surface area contributed by atoms with E-state index in [9.17, 15) is 10.2 Å². The Bertz CT molecular complexity index is 573. The highest BCUT2D eigenvalue weighted by atomic mass is 35.5. The molecule has 0 fully saturated rings. The number of aromatic hydroxyl groups is 2. The standard InChI is InChI=1S/C15H14Cl2O2/c1-9(5-10-3-2-4-12(18)6-10)11-7-13(16)15(19)14(17)8-11/h2-4,6-9,18-19H,5H2,1H3. The second kappa shape index (κ2) is 5.72. The molecule has 0 aliphatic heterocycles. The molecule has 0 heterocycles. The van der Waals surface area contributed by atoms with Crippen LogP contribution in [0.1, 0.15) is 24.0 Å². The van der Waals surface area contributed by atoms with Gasteiger partial charge < -0.3 is 10.2 Å². The minimum absolute atomic E-state index is 0.0864. The fourth-order valence-corrected chi connectivity index (χ4v) is 2.53. The molecule has 2 nitrogen and oxygen atoms in total. The summed E-state index contributed by atoms with van der Waals surface area (Å²) in [6.07, 6.45) is 0.756. The molecule has 0 saturated heterocycles. The Balaban J connectivity index is 2.23. The Morgan fingerprint density at radius 2 is 1.68 bits per heavy atom. The molecule has 2 N–H and O–H groups in total. The summed E-state index contributed by atoms with van der Waals surface area (Å²) in [6, 6.07) is 10.6. The summed E-state index contributed by atoms with van der Waals surface area (Å²) in [6.45, 7) is 2.04. The normalized spacial score (nSPS) is 12.4. The predicted octanol–water partition coefficient (Wildman–Crippen LogP) is 4.75. The minimum Gasteiger partial charge on any atom is -0.508 e. The van der Waals surface area contributed by atoms with E-state index in [1.807, 2.05) is 19.1 Å². The van der Waals surface area contributed by atoms with Gasteiger partial charge >= 0.3 is 0 Å². The Morgan fingerprint density at radius 3 is 2.26 bits per heavy atom. The van der Waals surface area contributed by atoms with Crippen molar-refractivity contribution in [1.82, 2.24) is 0 Å². The third-order valence-electron chi connectivity index (χ3n) is 3.06. The van der Waals surface area contributed by atoms with Gasteiger partial charge in [-0.2, -0.15) is 0 Å². The molecule has 2 aromatic carbocycles. The van der Waals surface area contributed by atoms with Gasteiger partial charge in [-0.25, -0.2) is 0 Å². The average molecular weight is 297 g/mol. The van der Waals surface area contributed by atoms with Gasteiger partial charge in [0, 0.05) is 0 Å². The van der Waals surface area contributed by atoms with Crippen molar-refractivity contribution in [1.29, 1.82) is 0 Å². The van der Waals surface area contributed by atoms with Gasteiger partial charge in [-0.1, -0.05) is 42.3 Å². The molecule has 0 aliphatic rings. The first kappa shape index (κ1) is 14.0. The Labute approximate surface area is 122 Å². The lowest BCUT2D eigenvalue weighted by molar-refractivity contribution is 0.474. The van der Waals surface area contributed by atoms with E-state index < -0.39 is 0 Å². The summed E-state index contributed by atoms with van der Waals surface area (Å²) >= 11 is 11.8. The van der Waals surface area contributed by atoms with E-state index in [-0.39, 0.29) is 27.5 Å². The molecule has 0 spiro atoms. The Hall–Kier alpha value is -1.38. The average Bonchev–Trinajstić information content (AvgIpc) is 2.35. The summed E-state index contributed by atoms with van der Waals surface area (Å²) < 4.78 is 0. The van der Waals surface area contributed by atoms with Crippen LogP contribution in [0.15, 0.2) is 36.4 Å². The van der Waals surface area contributed by atoms with Crippen molar-refractivity contribution in [3.63, 3.8) is 0 Å². The first-order valence-corrected chi connectivity index (χ1v) is 6.69. The van der Waals surface area contributed by atoms with Crippen LogP contribution >= 0.6 is 23.2 Å². The summed E-state index contributed by atoms with van der Waals surface area (Å²) in [5.41, 5.74) is 1.99. The van der Waals surface area contributed by atoms with Crippen molar-refractivity contribution in [2.24, 2.45) is 0 Å². The largest absolute Gasteiger partial charge is 0.508 e. The fourth-order valence-electron chi connectivity index (χ4n) is 2.02. The summed E-state index contributed by atoms with van der Waals surface area (Å²) in [4.78, 5) is 0. The Kier molecular flexibility index (Phi) is 4.23. The van der Waals surface area contributed by atoms with E-state index in [1.54, 1.807) is 24.3 Å². The summed E-state index contributed by atoms with van der Waals surface area (Å²) in [5, 5.41) is 19.5. The Morgan fingerprint density at radius 1 is 1.05 bits per heavy atom. The molecule has 2 aromatic rings. The van der Waals surface area contributed by atoms with Crippen LogP contribution in [0.2, 0.25) is 10.0 Å².